The van der Waals surface area contributed by atoms with E-state index in [2.05, 4.69) is 34.2 Å². The maximum Gasteiger partial charge on any atom is 0.148 e. The highest BCUT2D eigenvalue weighted by Gasteiger charge is 2.46. The van der Waals surface area contributed by atoms with Crippen LogP contribution in [0.2, 0.25) is 10.2 Å². The van der Waals surface area contributed by atoms with Crippen LogP contribution in [0.5, 0.6) is 0 Å². The first-order valence-electron chi connectivity index (χ1n) is 10.2. The lowest BCUT2D eigenvalue weighted by Gasteiger charge is -2.40. The average molecular weight is 457 g/mol. The molecule has 1 unspecified atom stereocenters. The number of hydrogen-bond acceptors (Lipinski definition) is 5. The topological polar surface area (TPSA) is 64.7 Å². The molecular weight excluding hydrogens is 435 g/mol. The highest BCUT2D eigenvalue weighted by Crippen LogP contribution is 2.55. The fraction of sp³-hybridized carbons (Fsp3) is 0.348. The van der Waals surface area contributed by atoms with Gasteiger partial charge in [0, 0.05) is 23.1 Å². The minimum Gasteiger partial charge on any atom is -0.323 e. The van der Waals surface area contributed by atoms with Crippen LogP contribution in [-0.4, -0.2) is 15.0 Å². The number of pyridine rings is 1. The van der Waals surface area contributed by atoms with Crippen molar-refractivity contribution in [2.45, 2.75) is 54.0 Å². The van der Waals surface area contributed by atoms with E-state index in [1.165, 1.54) is 22.9 Å². The van der Waals surface area contributed by atoms with Crippen LogP contribution in [0.15, 0.2) is 58.8 Å². The van der Waals surface area contributed by atoms with Gasteiger partial charge in [0.25, 0.3) is 0 Å². The first kappa shape index (κ1) is 20.3. The van der Waals surface area contributed by atoms with Crippen molar-refractivity contribution >= 4 is 35.0 Å². The van der Waals surface area contributed by atoms with Gasteiger partial charge in [-0.2, -0.15) is 0 Å². The third kappa shape index (κ3) is 3.62. The summed E-state index contributed by atoms with van der Waals surface area (Å²) < 4.78 is 0. The van der Waals surface area contributed by atoms with Gasteiger partial charge in [0.05, 0.1) is 23.1 Å². The number of fused-ring (bicyclic) bond motifs is 1. The Morgan fingerprint density at radius 3 is 2.53 bits per heavy atom. The summed E-state index contributed by atoms with van der Waals surface area (Å²) in [4.78, 5) is 14.1. The standard InChI is InChI=1S/C23H22Cl2N4S/c24-20-18(7-10-27-22(20)25)30-19-13-28-17(12-29-19)14-5-8-23(9-6-14)11-15-3-1-2-4-16(15)21(23)26/h1-4,7,10,12-14,21H,5-6,8-9,11,26H2. The Hall–Kier alpha value is -1.66. The Morgan fingerprint density at radius 1 is 1.00 bits per heavy atom. The van der Waals surface area contributed by atoms with E-state index in [0.29, 0.717) is 16.1 Å². The molecule has 0 amide bonds. The Labute approximate surface area is 190 Å². The molecule has 2 aliphatic carbocycles. The molecule has 2 N–H and O–H groups in total. The lowest BCUT2D eigenvalue weighted by molar-refractivity contribution is 0.148. The van der Waals surface area contributed by atoms with Crippen LogP contribution < -0.4 is 5.73 Å². The van der Waals surface area contributed by atoms with Gasteiger partial charge >= 0.3 is 0 Å². The highest BCUT2D eigenvalue weighted by molar-refractivity contribution is 7.99. The number of nitrogens with zero attached hydrogens (tertiary/aromatic N) is 3. The van der Waals surface area contributed by atoms with Crippen LogP contribution in [0.25, 0.3) is 0 Å². The maximum atomic E-state index is 6.70. The molecule has 30 heavy (non-hydrogen) atoms. The van der Waals surface area contributed by atoms with Gasteiger partial charge in [0.2, 0.25) is 0 Å². The predicted octanol–water partition coefficient (Wildman–Crippen LogP) is 6.23. The molecule has 0 aliphatic heterocycles. The molecule has 2 heterocycles. The number of rotatable bonds is 3. The summed E-state index contributed by atoms with van der Waals surface area (Å²) in [5, 5.41) is 1.54. The van der Waals surface area contributed by atoms with Gasteiger partial charge in [-0.25, -0.2) is 9.97 Å². The van der Waals surface area contributed by atoms with E-state index in [1.807, 2.05) is 18.5 Å². The SMILES string of the molecule is NC1c2ccccc2CC12CCC(c1cnc(Sc3ccnc(Cl)c3Cl)cn1)CC2. The summed E-state index contributed by atoms with van der Waals surface area (Å²) in [7, 11) is 0. The summed E-state index contributed by atoms with van der Waals surface area (Å²) >= 11 is 13.7. The van der Waals surface area contributed by atoms with Crippen LogP contribution in [0.4, 0.5) is 0 Å². The Balaban J connectivity index is 1.26. The van der Waals surface area contributed by atoms with Crippen molar-refractivity contribution < 1.29 is 0 Å². The second-order valence-electron chi connectivity index (χ2n) is 8.29. The molecule has 0 bridgehead atoms. The highest BCUT2D eigenvalue weighted by atomic mass is 35.5. The smallest absolute Gasteiger partial charge is 0.148 e. The third-order valence-electron chi connectivity index (χ3n) is 6.67. The predicted molar refractivity (Wildman–Crippen MR) is 121 cm³/mol. The van der Waals surface area contributed by atoms with E-state index in [4.69, 9.17) is 33.9 Å². The van der Waals surface area contributed by atoms with Crippen molar-refractivity contribution in [1.82, 2.24) is 15.0 Å². The number of halogens is 2. The quantitative estimate of drug-likeness (QED) is 0.473. The number of aromatic nitrogens is 3. The molecule has 7 heteroatoms. The van der Waals surface area contributed by atoms with Crippen molar-refractivity contribution in [2.24, 2.45) is 11.1 Å². The zero-order valence-electron chi connectivity index (χ0n) is 16.4. The molecule has 1 saturated carbocycles. The third-order valence-corrected chi connectivity index (χ3v) is 8.52. The van der Waals surface area contributed by atoms with Gasteiger partial charge in [0.15, 0.2) is 0 Å². The molecule has 4 nitrogen and oxygen atoms in total. The van der Waals surface area contributed by atoms with E-state index in [9.17, 15) is 0 Å². The lowest BCUT2D eigenvalue weighted by Crippen LogP contribution is -2.35. The molecule has 2 aliphatic rings. The zero-order valence-corrected chi connectivity index (χ0v) is 18.7. The Morgan fingerprint density at radius 2 is 1.80 bits per heavy atom. The maximum absolute atomic E-state index is 6.70. The van der Waals surface area contributed by atoms with Crippen molar-refractivity contribution in [3.8, 4) is 0 Å². The molecule has 5 rings (SSSR count). The number of hydrogen-bond donors (Lipinski definition) is 1. The van der Waals surface area contributed by atoms with Gasteiger partial charge in [-0.05, 0) is 54.7 Å². The van der Waals surface area contributed by atoms with E-state index >= 15 is 0 Å². The Kier molecular flexibility index (Phi) is 5.48. The monoisotopic (exact) mass is 456 g/mol. The molecule has 0 saturated heterocycles. The van der Waals surface area contributed by atoms with Gasteiger partial charge in [-0.15, -0.1) is 0 Å². The zero-order chi connectivity index (χ0) is 20.7. The molecule has 1 spiro atoms. The largest absolute Gasteiger partial charge is 0.323 e. The van der Waals surface area contributed by atoms with Crippen LogP contribution in [-0.2, 0) is 6.42 Å². The minimum atomic E-state index is 0.149. The molecule has 1 aromatic carbocycles. The summed E-state index contributed by atoms with van der Waals surface area (Å²) in [6, 6.07) is 10.6. The van der Waals surface area contributed by atoms with Crippen molar-refractivity contribution in [1.29, 1.82) is 0 Å². The number of nitrogens with two attached hydrogens (primary N) is 1. The van der Waals surface area contributed by atoms with E-state index < -0.39 is 0 Å². The fourth-order valence-electron chi connectivity index (χ4n) is 4.98. The molecule has 3 aromatic rings. The fourth-order valence-corrected chi connectivity index (χ4v) is 6.17. The molecule has 1 fully saturated rings. The van der Waals surface area contributed by atoms with Crippen molar-refractivity contribution in [3.05, 3.63) is 75.9 Å². The molecular formula is C23H22Cl2N4S. The van der Waals surface area contributed by atoms with E-state index in [0.717, 1.165) is 47.7 Å². The average Bonchev–Trinajstić information content (AvgIpc) is 3.04. The number of benzene rings is 1. The Bertz CT molecular complexity index is 1070. The molecule has 0 radical (unpaired) electrons. The molecule has 2 aromatic heterocycles. The van der Waals surface area contributed by atoms with Crippen LogP contribution in [0.3, 0.4) is 0 Å². The van der Waals surface area contributed by atoms with Crippen LogP contribution in [0, 0.1) is 5.41 Å². The molecule has 154 valence electrons. The van der Waals surface area contributed by atoms with Gasteiger partial charge < -0.3 is 5.73 Å². The first-order chi connectivity index (χ1) is 14.6. The van der Waals surface area contributed by atoms with Crippen molar-refractivity contribution in [3.63, 3.8) is 0 Å². The summed E-state index contributed by atoms with van der Waals surface area (Å²) in [6.07, 6.45) is 11.0. The van der Waals surface area contributed by atoms with Gasteiger partial charge in [-0.1, -0.05) is 59.2 Å². The first-order valence-corrected chi connectivity index (χ1v) is 11.8. The van der Waals surface area contributed by atoms with Gasteiger partial charge in [0.1, 0.15) is 10.2 Å². The summed E-state index contributed by atoms with van der Waals surface area (Å²) in [5.74, 6) is 0.442. The van der Waals surface area contributed by atoms with Crippen LogP contribution in [0.1, 0.15) is 54.5 Å². The normalized spacial score (nSPS) is 25.4. The summed E-state index contributed by atoms with van der Waals surface area (Å²) in [5.41, 5.74) is 10.7. The molecule has 1 atom stereocenters. The van der Waals surface area contributed by atoms with Crippen LogP contribution >= 0.6 is 35.0 Å². The lowest BCUT2D eigenvalue weighted by atomic mass is 9.66. The van der Waals surface area contributed by atoms with Gasteiger partial charge in [-0.3, -0.25) is 4.98 Å². The second-order valence-corrected chi connectivity index (χ2v) is 10.1. The summed E-state index contributed by atoms with van der Waals surface area (Å²) in [6.45, 7) is 0. The van der Waals surface area contributed by atoms with Crippen molar-refractivity contribution in [2.75, 3.05) is 0 Å². The van der Waals surface area contributed by atoms with E-state index in [1.54, 1.807) is 6.20 Å². The second kappa shape index (κ2) is 8.12. The van der Waals surface area contributed by atoms with E-state index in [-0.39, 0.29) is 11.5 Å². The minimum absolute atomic E-state index is 0.149.